The Balaban J connectivity index is 2.22. The summed E-state index contributed by atoms with van der Waals surface area (Å²) in [5, 5.41) is 12.4. The van der Waals surface area contributed by atoms with Gasteiger partial charge in [0.1, 0.15) is 9.62 Å². The third-order valence-electron chi connectivity index (χ3n) is 4.06. The average molecular weight is 381 g/mol. The summed E-state index contributed by atoms with van der Waals surface area (Å²) >= 11 is 0.863. The van der Waals surface area contributed by atoms with Crippen molar-refractivity contribution in [3.8, 4) is 0 Å². The van der Waals surface area contributed by atoms with Crippen LogP contribution in [-0.2, 0) is 20.0 Å². The number of aliphatic carboxylic acids is 1. The van der Waals surface area contributed by atoms with Gasteiger partial charge in [-0.15, -0.1) is 11.3 Å². The molecule has 1 atom stereocenters. The number of carbonyl (C=O) groups is 2. The average Bonchev–Trinajstić information content (AvgIpc) is 3.07. The first-order valence-corrected chi connectivity index (χ1v) is 10.3. The van der Waals surface area contributed by atoms with E-state index in [0.717, 1.165) is 17.6 Å². The van der Waals surface area contributed by atoms with E-state index < -0.39 is 27.1 Å². The highest BCUT2D eigenvalue weighted by atomic mass is 32.2. The molecule has 25 heavy (non-hydrogen) atoms. The van der Waals surface area contributed by atoms with Crippen molar-refractivity contribution in [2.24, 2.45) is 0 Å². The number of rotatable bonds is 7. The SMILES string of the molecule is CCC(CNC(=O)c1ccc(S(C)(=O)=O)s1)(C(=O)O)c1ccccc1. The molecule has 134 valence electrons. The minimum absolute atomic E-state index is 0.0895. The highest BCUT2D eigenvalue weighted by Crippen LogP contribution is 2.28. The predicted molar refractivity (Wildman–Crippen MR) is 95.8 cm³/mol. The van der Waals surface area contributed by atoms with Crippen molar-refractivity contribution < 1.29 is 23.1 Å². The van der Waals surface area contributed by atoms with Crippen LogP contribution in [0.15, 0.2) is 46.7 Å². The van der Waals surface area contributed by atoms with Crippen LogP contribution in [0.3, 0.4) is 0 Å². The van der Waals surface area contributed by atoms with Crippen LogP contribution >= 0.6 is 11.3 Å². The van der Waals surface area contributed by atoms with Crippen molar-refractivity contribution >= 4 is 33.1 Å². The molecule has 1 amide bonds. The molecule has 0 saturated heterocycles. The summed E-state index contributed by atoms with van der Waals surface area (Å²) in [5.41, 5.74) is -0.637. The molecule has 1 aromatic carbocycles. The molecule has 2 N–H and O–H groups in total. The summed E-state index contributed by atoms with van der Waals surface area (Å²) in [4.78, 5) is 24.4. The Morgan fingerprint density at radius 1 is 1.16 bits per heavy atom. The Hall–Kier alpha value is -2.19. The van der Waals surface area contributed by atoms with Gasteiger partial charge in [0.15, 0.2) is 9.84 Å². The number of hydrogen-bond donors (Lipinski definition) is 2. The first-order valence-electron chi connectivity index (χ1n) is 7.57. The number of amides is 1. The van der Waals surface area contributed by atoms with Crippen molar-refractivity contribution in [2.75, 3.05) is 12.8 Å². The predicted octanol–water partition coefficient (Wildman–Crippen LogP) is 2.31. The van der Waals surface area contributed by atoms with Gasteiger partial charge in [-0.25, -0.2) is 8.42 Å². The van der Waals surface area contributed by atoms with E-state index in [-0.39, 0.29) is 15.6 Å². The van der Waals surface area contributed by atoms with E-state index in [1.54, 1.807) is 37.3 Å². The highest BCUT2D eigenvalue weighted by Gasteiger charge is 2.39. The van der Waals surface area contributed by atoms with Gasteiger partial charge in [0, 0.05) is 12.8 Å². The lowest BCUT2D eigenvalue weighted by Gasteiger charge is -2.29. The van der Waals surface area contributed by atoms with Gasteiger partial charge in [-0.2, -0.15) is 0 Å². The van der Waals surface area contributed by atoms with E-state index in [0.29, 0.717) is 12.0 Å². The fraction of sp³-hybridized carbons (Fsp3) is 0.294. The molecule has 0 aliphatic carbocycles. The summed E-state index contributed by atoms with van der Waals surface area (Å²) in [6.07, 6.45) is 1.37. The topological polar surface area (TPSA) is 101 Å². The highest BCUT2D eigenvalue weighted by molar-refractivity contribution is 7.92. The molecule has 0 aliphatic rings. The molecule has 0 spiro atoms. The number of carboxylic acids is 1. The first-order chi connectivity index (χ1) is 11.7. The molecular formula is C17H19NO5S2. The van der Waals surface area contributed by atoms with Crippen LogP contribution in [0.5, 0.6) is 0 Å². The van der Waals surface area contributed by atoms with Crippen LogP contribution in [0.1, 0.15) is 28.6 Å². The quantitative estimate of drug-likeness (QED) is 0.766. The maximum absolute atomic E-state index is 12.3. The second-order valence-electron chi connectivity index (χ2n) is 5.68. The van der Waals surface area contributed by atoms with Crippen LogP contribution in [0, 0.1) is 0 Å². The van der Waals surface area contributed by atoms with E-state index in [1.807, 2.05) is 0 Å². The van der Waals surface area contributed by atoms with E-state index in [1.165, 1.54) is 12.1 Å². The number of thiophene rings is 1. The largest absolute Gasteiger partial charge is 0.481 e. The Morgan fingerprint density at radius 2 is 1.80 bits per heavy atom. The van der Waals surface area contributed by atoms with Gasteiger partial charge < -0.3 is 10.4 Å². The number of carbonyl (C=O) groups excluding carboxylic acids is 1. The molecule has 0 radical (unpaired) electrons. The monoisotopic (exact) mass is 381 g/mol. The normalized spacial score (nSPS) is 13.8. The molecule has 2 aromatic rings. The molecular weight excluding hydrogens is 362 g/mol. The van der Waals surface area contributed by atoms with Crippen LogP contribution in [0.25, 0.3) is 0 Å². The lowest BCUT2D eigenvalue weighted by molar-refractivity contribution is -0.143. The van der Waals surface area contributed by atoms with Gasteiger partial charge in [-0.1, -0.05) is 37.3 Å². The van der Waals surface area contributed by atoms with Crippen LogP contribution in [0.4, 0.5) is 0 Å². The van der Waals surface area contributed by atoms with Gasteiger partial charge in [0.2, 0.25) is 0 Å². The second kappa shape index (κ2) is 7.37. The summed E-state index contributed by atoms with van der Waals surface area (Å²) < 4.78 is 23.1. The number of carboxylic acid groups (broad SMARTS) is 1. The van der Waals surface area contributed by atoms with Crippen LogP contribution in [-0.4, -0.2) is 38.2 Å². The van der Waals surface area contributed by atoms with E-state index >= 15 is 0 Å². The number of benzene rings is 1. The van der Waals surface area contributed by atoms with E-state index in [9.17, 15) is 23.1 Å². The van der Waals surface area contributed by atoms with Gasteiger partial charge in [-0.05, 0) is 24.1 Å². The third-order valence-corrected chi connectivity index (χ3v) is 6.96. The Labute approximate surface area is 150 Å². The molecule has 8 heteroatoms. The minimum Gasteiger partial charge on any atom is -0.481 e. The first kappa shape index (κ1) is 19.1. The van der Waals surface area contributed by atoms with Crippen molar-refractivity contribution in [1.29, 1.82) is 0 Å². The minimum atomic E-state index is -3.38. The summed E-state index contributed by atoms with van der Waals surface area (Å²) in [5.74, 6) is -1.51. The second-order valence-corrected chi connectivity index (χ2v) is 9.01. The van der Waals surface area contributed by atoms with Gasteiger partial charge >= 0.3 is 5.97 Å². The molecule has 2 rings (SSSR count). The number of hydrogen-bond acceptors (Lipinski definition) is 5. The van der Waals surface area contributed by atoms with Crippen LogP contribution < -0.4 is 5.32 Å². The number of sulfone groups is 1. The van der Waals surface area contributed by atoms with Crippen LogP contribution in [0.2, 0.25) is 0 Å². The Morgan fingerprint density at radius 3 is 2.28 bits per heavy atom. The van der Waals surface area contributed by atoms with Crippen molar-refractivity contribution in [1.82, 2.24) is 5.32 Å². The van der Waals surface area contributed by atoms with Gasteiger partial charge in [0.05, 0.1) is 4.88 Å². The standard InChI is InChI=1S/C17H19NO5S2/c1-3-17(16(20)21,12-7-5-4-6-8-12)11-18-15(19)13-9-10-14(24-13)25(2,22)23/h4-10H,3,11H2,1-2H3,(H,18,19)(H,20,21). The molecule has 0 bridgehead atoms. The van der Waals surface area contributed by atoms with Gasteiger partial charge in [0.25, 0.3) is 5.91 Å². The van der Waals surface area contributed by atoms with E-state index in [2.05, 4.69) is 5.32 Å². The third kappa shape index (κ3) is 4.08. The molecule has 1 aromatic heterocycles. The smallest absolute Gasteiger partial charge is 0.315 e. The molecule has 0 saturated carbocycles. The van der Waals surface area contributed by atoms with Gasteiger partial charge in [-0.3, -0.25) is 9.59 Å². The molecule has 1 heterocycles. The van der Waals surface area contributed by atoms with E-state index in [4.69, 9.17) is 0 Å². The molecule has 0 aliphatic heterocycles. The lowest BCUT2D eigenvalue weighted by Crippen LogP contribution is -2.46. The number of nitrogens with one attached hydrogen (secondary N) is 1. The maximum atomic E-state index is 12.3. The fourth-order valence-electron chi connectivity index (χ4n) is 2.50. The summed E-state index contributed by atoms with van der Waals surface area (Å²) in [6, 6.07) is 11.5. The van der Waals surface area contributed by atoms with Crippen molar-refractivity contribution in [3.05, 3.63) is 52.9 Å². The zero-order chi connectivity index (χ0) is 18.7. The molecule has 6 nitrogen and oxygen atoms in total. The summed E-state index contributed by atoms with van der Waals surface area (Å²) in [7, 11) is -3.38. The fourth-order valence-corrected chi connectivity index (χ4v) is 4.34. The Kier molecular flexibility index (Phi) is 5.64. The molecule has 0 fully saturated rings. The lowest BCUT2D eigenvalue weighted by atomic mass is 9.78. The molecule has 1 unspecified atom stereocenters. The Bertz CT molecular complexity index is 873. The zero-order valence-electron chi connectivity index (χ0n) is 13.9. The van der Waals surface area contributed by atoms with Crippen molar-refractivity contribution in [3.63, 3.8) is 0 Å². The maximum Gasteiger partial charge on any atom is 0.315 e. The zero-order valence-corrected chi connectivity index (χ0v) is 15.5. The summed E-state index contributed by atoms with van der Waals surface area (Å²) in [6.45, 7) is 1.66. The van der Waals surface area contributed by atoms with Crippen molar-refractivity contribution in [2.45, 2.75) is 23.0 Å².